The molecule has 3 aliphatic heterocycles. The second-order valence-electron chi connectivity index (χ2n) is 8.92. The number of imide groups is 1. The summed E-state index contributed by atoms with van der Waals surface area (Å²) in [6, 6.07) is 11.7. The van der Waals surface area contributed by atoms with E-state index in [2.05, 4.69) is 21.2 Å². The Bertz CT molecular complexity index is 1200. The van der Waals surface area contributed by atoms with Gasteiger partial charge in [-0.25, -0.2) is 4.39 Å². The third-order valence-corrected chi connectivity index (χ3v) is 6.80. The first-order valence-corrected chi connectivity index (χ1v) is 11.4. The molecule has 2 saturated heterocycles. The first-order chi connectivity index (χ1) is 16.4. The van der Waals surface area contributed by atoms with Crippen LogP contribution in [0.1, 0.15) is 39.9 Å². The van der Waals surface area contributed by atoms with Crippen molar-refractivity contribution in [2.45, 2.75) is 32.0 Å². The number of hydrogen-bond donors (Lipinski definition) is 1. The van der Waals surface area contributed by atoms with Gasteiger partial charge in [0.05, 0.1) is 11.6 Å². The van der Waals surface area contributed by atoms with Crippen molar-refractivity contribution in [3.8, 4) is 6.07 Å². The van der Waals surface area contributed by atoms with E-state index >= 15 is 0 Å². The lowest BCUT2D eigenvalue weighted by atomic mass is 10.0. The second-order valence-corrected chi connectivity index (χ2v) is 8.92. The highest BCUT2D eigenvalue weighted by Gasteiger charge is 2.41. The summed E-state index contributed by atoms with van der Waals surface area (Å²) in [4.78, 5) is 42.7. The van der Waals surface area contributed by atoms with Crippen LogP contribution in [0.4, 0.5) is 10.1 Å². The number of fused-ring (bicyclic) bond motifs is 1. The minimum Gasteiger partial charge on any atom is -0.369 e. The van der Waals surface area contributed by atoms with E-state index < -0.39 is 17.8 Å². The molecule has 174 valence electrons. The zero-order valence-corrected chi connectivity index (χ0v) is 18.6. The molecule has 1 atom stereocenters. The number of amides is 3. The first kappa shape index (κ1) is 22.0. The van der Waals surface area contributed by atoms with Crippen molar-refractivity contribution >= 4 is 23.4 Å². The summed E-state index contributed by atoms with van der Waals surface area (Å²) >= 11 is 0. The number of carbonyl (C=O) groups excluding carboxylic acids is 3. The van der Waals surface area contributed by atoms with Crippen LogP contribution >= 0.6 is 0 Å². The Morgan fingerprint density at radius 2 is 1.79 bits per heavy atom. The summed E-state index contributed by atoms with van der Waals surface area (Å²) < 4.78 is 14.5. The number of benzene rings is 2. The number of halogens is 1. The number of piperidine rings is 1. The maximum absolute atomic E-state index is 14.5. The van der Waals surface area contributed by atoms with Gasteiger partial charge >= 0.3 is 0 Å². The molecule has 3 amide bonds. The highest BCUT2D eigenvalue weighted by molar-refractivity contribution is 6.06. The van der Waals surface area contributed by atoms with Gasteiger partial charge in [-0.2, -0.15) is 5.26 Å². The van der Waals surface area contributed by atoms with Gasteiger partial charge in [0.1, 0.15) is 11.9 Å². The summed E-state index contributed by atoms with van der Waals surface area (Å²) in [6.45, 7) is 3.90. The lowest BCUT2D eigenvalue weighted by Gasteiger charge is -2.37. The molecule has 0 saturated carbocycles. The maximum Gasteiger partial charge on any atom is 0.255 e. The molecule has 0 aromatic heterocycles. The standard InChI is InChI=1S/C25H24FN5O3/c26-18-11-19-20(15-31(25(19)34)21-5-6-23(32)28-24(21)33)22(12-18)30-9-7-29(8-10-30)14-17-3-1-16(13-27)2-4-17/h1-4,11-12,21H,5-10,14-15H2,(H,28,32,33). The van der Waals surface area contributed by atoms with Crippen LogP contribution in [0, 0.1) is 17.1 Å². The van der Waals surface area contributed by atoms with Crippen molar-refractivity contribution in [1.82, 2.24) is 15.1 Å². The average molecular weight is 461 g/mol. The average Bonchev–Trinajstić information content (AvgIpc) is 3.15. The number of carbonyl (C=O) groups is 3. The Morgan fingerprint density at radius 3 is 2.47 bits per heavy atom. The summed E-state index contributed by atoms with van der Waals surface area (Å²) in [5, 5.41) is 11.3. The van der Waals surface area contributed by atoms with Crippen molar-refractivity contribution < 1.29 is 18.8 Å². The van der Waals surface area contributed by atoms with Crippen LogP contribution in [0.25, 0.3) is 0 Å². The number of anilines is 1. The molecule has 3 heterocycles. The molecule has 2 fully saturated rings. The fourth-order valence-corrected chi connectivity index (χ4v) is 4.98. The van der Waals surface area contributed by atoms with Gasteiger partial charge in [0.2, 0.25) is 11.8 Å². The monoisotopic (exact) mass is 461 g/mol. The van der Waals surface area contributed by atoms with Crippen LogP contribution in [0.5, 0.6) is 0 Å². The minimum atomic E-state index is -0.724. The van der Waals surface area contributed by atoms with E-state index in [9.17, 15) is 18.8 Å². The number of nitrogens with one attached hydrogen (secondary N) is 1. The number of rotatable bonds is 4. The Balaban J connectivity index is 1.29. The lowest BCUT2D eigenvalue weighted by Crippen LogP contribution is -2.52. The molecule has 0 spiro atoms. The molecule has 2 aromatic rings. The topological polar surface area (TPSA) is 96.8 Å². The normalized spacial score (nSPS) is 20.8. The molecule has 0 radical (unpaired) electrons. The van der Waals surface area contributed by atoms with Gasteiger partial charge in [-0.15, -0.1) is 0 Å². The highest BCUT2D eigenvalue weighted by atomic mass is 19.1. The van der Waals surface area contributed by atoms with Crippen molar-refractivity contribution in [3.05, 3.63) is 64.5 Å². The number of nitrogens with zero attached hydrogens (tertiary/aromatic N) is 4. The molecule has 3 aliphatic rings. The summed E-state index contributed by atoms with van der Waals surface area (Å²) in [6.07, 6.45) is 0.454. The highest BCUT2D eigenvalue weighted by Crippen LogP contribution is 2.35. The SMILES string of the molecule is N#Cc1ccc(CN2CCN(c3cc(F)cc4c3CN(C3CCC(=O)NC3=O)C4=O)CC2)cc1. The molecule has 2 aromatic carbocycles. The minimum absolute atomic E-state index is 0.180. The van der Waals surface area contributed by atoms with Crippen molar-refractivity contribution in [2.24, 2.45) is 0 Å². The number of piperazine rings is 1. The van der Waals surface area contributed by atoms with E-state index in [0.29, 0.717) is 29.9 Å². The molecular weight excluding hydrogens is 437 g/mol. The number of nitriles is 1. The third kappa shape index (κ3) is 4.13. The van der Waals surface area contributed by atoms with E-state index in [1.54, 1.807) is 0 Å². The van der Waals surface area contributed by atoms with Gasteiger partial charge < -0.3 is 9.80 Å². The largest absolute Gasteiger partial charge is 0.369 e. The number of hydrogen-bond acceptors (Lipinski definition) is 6. The van der Waals surface area contributed by atoms with Gasteiger partial charge in [0.15, 0.2) is 0 Å². The van der Waals surface area contributed by atoms with E-state index in [1.807, 2.05) is 24.3 Å². The van der Waals surface area contributed by atoms with Crippen LogP contribution in [-0.4, -0.2) is 59.7 Å². The molecule has 8 nitrogen and oxygen atoms in total. The maximum atomic E-state index is 14.5. The molecule has 5 rings (SSSR count). The summed E-state index contributed by atoms with van der Waals surface area (Å²) in [7, 11) is 0. The van der Waals surface area contributed by atoms with E-state index in [1.165, 1.54) is 17.0 Å². The Kier molecular flexibility index (Phi) is 5.75. The van der Waals surface area contributed by atoms with E-state index in [-0.39, 0.29) is 31.2 Å². The molecular formula is C25H24FN5O3. The van der Waals surface area contributed by atoms with E-state index in [4.69, 9.17) is 5.26 Å². The predicted molar refractivity (Wildman–Crippen MR) is 121 cm³/mol. The Morgan fingerprint density at radius 1 is 1.06 bits per heavy atom. The van der Waals surface area contributed by atoms with E-state index in [0.717, 1.165) is 30.8 Å². The third-order valence-electron chi connectivity index (χ3n) is 6.80. The lowest BCUT2D eigenvalue weighted by molar-refractivity contribution is -0.136. The van der Waals surface area contributed by atoms with Crippen LogP contribution in [0.15, 0.2) is 36.4 Å². The predicted octanol–water partition coefficient (Wildman–Crippen LogP) is 1.78. The van der Waals surface area contributed by atoms with Crippen LogP contribution < -0.4 is 10.2 Å². The van der Waals surface area contributed by atoms with Crippen molar-refractivity contribution in [3.63, 3.8) is 0 Å². The first-order valence-electron chi connectivity index (χ1n) is 11.4. The smallest absolute Gasteiger partial charge is 0.255 e. The van der Waals surface area contributed by atoms with Crippen LogP contribution in [0.2, 0.25) is 0 Å². The fraction of sp³-hybridized carbons (Fsp3) is 0.360. The summed E-state index contributed by atoms with van der Waals surface area (Å²) in [5.74, 6) is -1.66. The van der Waals surface area contributed by atoms with Gasteiger partial charge in [-0.3, -0.25) is 24.6 Å². The zero-order valence-electron chi connectivity index (χ0n) is 18.6. The zero-order chi connectivity index (χ0) is 23.8. The molecule has 9 heteroatoms. The Hall–Kier alpha value is -3.77. The van der Waals surface area contributed by atoms with Gasteiger partial charge in [-0.1, -0.05) is 12.1 Å². The fourth-order valence-electron chi connectivity index (χ4n) is 4.98. The molecule has 1 unspecified atom stereocenters. The van der Waals surface area contributed by atoms with Crippen molar-refractivity contribution in [1.29, 1.82) is 5.26 Å². The second kappa shape index (κ2) is 8.88. The van der Waals surface area contributed by atoms with Crippen LogP contribution in [0.3, 0.4) is 0 Å². The van der Waals surface area contributed by atoms with Crippen molar-refractivity contribution in [2.75, 3.05) is 31.1 Å². The molecule has 0 bridgehead atoms. The van der Waals surface area contributed by atoms with Gasteiger partial charge in [0.25, 0.3) is 5.91 Å². The summed E-state index contributed by atoms with van der Waals surface area (Å²) in [5.41, 5.74) is 3.48. The van der Waals surface area contributed by atoms with Gasteiger partial charge in [-0.05, 0) is 36.2 Å². The molecule has 34 heavy (non-hydrogen) atoms. The van der Waals surface area contributed by atoms with Gasteiger partial charge in [0, 0.05) is 62.5 Å². The van der Waals surface area contributed by atoms with Crippen LogP contribution in [-0.2, 0) is 22.7 Å². The molecule has 1 N–H and O–H groups in total. The Labute approximate surface area is 196 Å². The molecule has 0 aliphatic carbocycles. The quantitative estimate of drug-likeness (QED) is 0.698.